The van der Waals surface area contributed by atoms with E-state index in [1.807, 2.05) is 31.2 Å². The Kier molecular flexibility index (Phi) is 4.93. The van der Waals surface area contributed by atoms with Crippen LogP contribution in [0.1, 0.15) is 32.1 Å². The van der Waals surface area contributed by atoms with Crippen molar-refractivity contribution in [1.82, 2.24) is 15.0 Å². The molecule has 1 fully saturated rings. The summed E-state index contributed by atoms with van der Waals surface area (Å²) in [5, 5.41) is 13.7. The molecule has 2 heterocycles. The van der Waals surface area contributed by atoms with Crippen LogP contribution in [-0.4, -0.2) is 45.9 Å². The molecular formula is C17H23N3O3. The van der Waals surface area contributed by atoms with Gasteiger partial charge in [-0.05, 0) is 57.0 Å². The minimum atomic E-state index is -0.279. The van der Waals surface area contributed by atoms with Gasteiger partial charge in [-0.3, -0.25) is 4.90 Å². The van der Waals surface area contributed by atoms with Gasteiger partial charge < -0.3 is 14.4 Å². The van der Waals surface area contributed by atoms with Crippen LogP contribution < -0.4 is 4.74 Å². The van der Waals surface area contributed by atoms with Crippen LogP contribution in [0.4, 0.5) is 0 Å². The van der Waals surface area contributed by atoms with E-state index in [1.165, 1.54) is 0 Å². The molecule has 0 radical (unpaired) electrons. The number of aliphatic hydroxyl groups excluding tert-OH is 1. The van der Waals surface area contributed by atoms with Crippen molar-refractivity contribution >= 4 is 0 Å². The fourth-order valence-corrected chi connectivity index (χ4v) is 3.11. The Balaban J connectivity index is 1.66. The molecule has 2 aromatic rings. The van der Waals surface area contributed by atoms with E-state index >= 15 is 0 Å². The molecule has 1 aliphatic rings. The Morgan fingerprint density at radius 1 is 1.39 bits per heavy atom. The van der Waals surface area contributed by atoms with Crippen LogP contribution in [-0.2, 0) is 6.54 Å². The number of nitrogens with zero attached hydrogens (tertiary/aromatic N) is 3. The standard InChI is InChI=1S/C17H23N3O3/c1-12(21)10-14-4-3-9-20(14)11-16-18-17(19-23-16)13-5-7-15(22-2)8-6-13/h5-8,12,14,21H,3-4,9-11H2,1-2H3. The smallest absolute Gasteiger partial charge is 0.241 e. The highest BCUT2D eigenvalue weighted by Gasteiger charge is 2.27. The second kappa shape index (κ2) is 7.10. The van der Waals surface area contributed by atoms with Crippen LogP contribution in [0.2, 0.25) is 0 Å². The van der Waals surface area contributed by atoms with Gasteiger partial charge in [0.1, 0.15) is 5.75 Å². The molecular weight excluding hydrogens is 294 g/mol. The maximum atomic E-state index is 9.60. The first-order valence-electron chi connectivity index (χ1n) is 8.05. The van der Waals surface area contributed by atoms with Crippen molar-refractivity contribution in [3.63, 3.8) is 0 Å². The van der Waals surface area contributed by atoms with Gasteiger partial charge in [-0.2, -0.15) is 4.98 Å². The Morgan fingerprint density at radius 2 is 2.17 bits per heavy atom. The number of benzene rings is 1. The average molecular weight is 317 g/mol. The van der Waals surface area contributed by atoms with Gasteiger partial charge in [0.25, 0.3) is 0 Å². The van der Waals surface area contributed by atoms with E-state index in [-0.39, 0.29) is 6.10 Å². The maximum Gasteiger partial charge on any atom is 0.241 e. The third-order valence-electron chi connectivity index (χ3n) is 4.27. The van der Waals surface area contributed by atoms with Gasteiger partial charge in [0.05, 0.1) is 19.8 Å². The van der Waals surface area contributed by atoms with Crippen LogP contribution >= 0.6 is 0 Å². The summed E-state index contributed by atoms with van der Waals surface area (Å²) in [6.45, 7) is 3.49. The Morgan fingerprint density at radius 3 is 2.87 bits per heavy atom. The first-order chi connectivity index (χ1) is 11.2. The molecule has 0 aliphatic carbocycles. The Labute approximate surface area is 136 Å². The van der Waals surface area contributed by atoms with E-state index in [2.05, 4.69) is 15.0 Å². The summed E-state index contributed by atoms with van der Waals surface area (Å²) >= 11 is 0. The third-order valence-corrected chi connectivity index (χ3v) is 4.27. The molecule has 6 heteroatoms. The second-order valence-corrected chi connectivity index (χ2v) is 6.09. The number of aromatic nitrogens is 2. The Bertz CT molecular complexity index is 624. The number of rotatable bonds is 6. The van der Waals surface area contributed by atoms with Gasteiger partial charge in [-0.15, -0.1) is 0 Å². The van der Waals surface area contributed by atoms with E-state index in [0.717, 1.165) is 37.1 Å². The fourth-order valence-electron chi connectivity index (χ4n) is 3.11. The lowest BCUT2D eigenvalue weighted by atomic mass is 10.1. The molecule has 0 spiro atoms. The fraction of sp³-hybridized carbons (Fsp3) is 0.529. The van der Waals surface area contributed by atoms with Crippen LogP contribution in [0, 0.1) is 0 Å². The monoisotopic (exact) mass is 317 g/mol. The topological polar surface area (TPSA) is 71.6 Å². The van der Waals surface area contributed by atoms with E-state index in [9.17, 15) is 5.11 Å². The zero-order chi connectivity index (χ0) is 16.2. The van der Waals surface area contributed by atoms with Crippen molar-refractivity contribution in [2.45, 2.75) is 44.9 Å². The molecule has 0 saturated carbocycles. The minimum Gasteiger partial charge on any atom is -0.497 e. The molecule has 1 saturated heterocycles. The van der Waals surface area contributed by atoms with E-state index in [1.54, 1.807) is 7.11 Å². The van der Waals surface area contributed by atoms with Gasteiger partial charge in [0.15, 0.2) is 0 Å². The minimum absolute atomic E-state index is 0.279. The second-order valence-electron chi connectivity index (χ2n) is 6.09. The first kappa shape index (κ1) is 16.0. The summed E-state index contributed by atoms with van der Waals surface area (Å²) in [6, 6.07) is 7.99. The van der Waals surface area contributed by atoms with Gasteiger partial charge in [0.2, 0.25) is 11.7 Å². The summed E-state index contributed by atoms with van der Waals surface area (Å²) in [7, 11) is 1.64. The molecule has 6 nitrogen and oxygen atoms in total. The highest BCUT2D eigenvalue weighted by Crippen LogP contribution is 2.24. The SMILES string of the molecule is COc1ccc(-c2noc(CN3CCCC3CC(C)O)n2)cc1. The molecule has 0 amide bonds. The largest absolute Gasteiger partial charge is 0.497 e. The maximum absolute atomic E-state index is 9.60. The van der Waals surface area contributed by atoms with E-state index < -0.39 is 0 Å². The van der Waals surface area contributed by atoms with Gasteiger partial charge in [-0.1, -0.05) is 5.16 Å². The summed E-state index contributed by atoms with van der Waals surface area (Å²) in [5.41, 5.74) is 0.905. The van der Waals surface area contributed by atoms with Crippen molar-refractivity contribution in [3.05, 3.63) is 30.2 Å². The third kappa shape index (κ3) is 3.89. The Hall–Kier alpha value is -1.92. The molecule has 2 atom stereocenters. The van der Waals surface area contributed by atoms with Crippen LogP contribution in [0.15, 0.2) is 28.8 Å². The quantitative estimate of drug-likeness (QED) is 0.882. The molecule has 1 aliphatic heterocycles. The molecule has 1 aromatic heterocycles. The van der Waals surface area contributed by atoms with Crippen molar-refractivity contribution < 1.29 is 14.4 Å². The zero-order valence-electron chi connectivity index (χ0n) is 13.6. The molecule has 124 valence electrons. The molecule has 1 N–H and O–H groups in total. The van der Waals surface area contributed by atoms with Crippen molar-refractivity contribution in [1.29, 1.82) is 0 Å². The lowest BCUT2D eigenvalue weighted by Gasteiger charge is -2.23. The van der Waals surface area contributed by atoms with Crippen LogP contribution in [0.3, 0.4) is 0 Å². The highest BCUT2D eigenvalue weighted by atomic mass is 16.5. The zero-order valence-corrected chi connectivity index (χ0v) is 13.6. The molecule has 3 rings (SSSR count). The van der Waals surface area contributed by atoms with Crippen molar-refractivity contribution in [2.24, 2.45) is 0 Å². The van der Waals surface area contributed by atoms with Gasteiger partial charge in [0, 0.05) is 11.6 Å². The number of likely N-dealkylation sites (tertiary alicyclic amines) is 1. The summed E-state index contributed by atoms with van der Waals surface area (Å²) in [4.78, 5) is 6.81. The molecule has 0 bridgehead atoms. The lowest BCUT2D eigenvalue weighted by Crippen LogP contribution is -2.31. The lowest BCUT2D eigenvalue weighted by molar-refractivity contribution is 0.124. The highest BCUT2D eigenvalue weighted by molar-refractivity contribution is 5.55. The predicted octanol–water partition coefficient (Wildman–Crippen LogP) is 2.48. The number of ether oxygens (including phenoxy) is 1. The van der Waals surface area contributed by atoms with Gasteiger partial charge in [-0.25, -0.2) is 0 Å². The number of hydrogen-bond acceptors (Lipinski definition) is 6. The average Bonchev–Trinajstić information content (AvgIpc) is 3.18. The molecule has 2 unspecified atom stereocenters. The summed E-state index contributed by atoms with van der Waals surface area (Å²) < 4.78 is 10.5. The number of hydrogen-bond donors (Lipinski definition) is 1. The van der Waals surface area contributed by atoms with Crippen LogP contribution in [0.25, 0.3) is 11.4 Å². The van der Waals surface area contributed by atoms with E-state index in [4.69, 9.17) is 9.26 Å². The first-order valence-corrected chi connectivity index (χ1v) is 8.05. The van der Waals surface area contributed by atoms with E-state index in [0.29, 0.717) is 24.3 Å². The number of methoxy groups -OCH3 is 1. The summed E-state index contributed by atoms with van der Waals surface area (Å²) in [6.07, 6.45) is 2.78. The summed E-state index contributed by atoms with van der Waals surface area (Å²) in [5.74, 6) is 2.01. The molecule has 1 aromatic carbocycles. The van der Waals surface area contributed by atoms with Crippen LogP contribution in [0.5, 0.6) is 5.75 Å². The van der Waals surface area contributed by atoms with Crippen molar-refractivity contribution in [2.75, 3.05) is 13.7 Å². The number of aliphatic hydroxyl groups is 1. The normalized spacial score (nSPS) is 19.9. The van der Waals surface area contributed by atoms with Crippen molar-refractivity contribution in [3.8, 4) is 17.1 Å². The van der Waals surface area contributed by atoms with Gasteiger partial charge >= 0.3 is 0 Å². The predicted molar refractivity (Wildman–Crippen MR) is 86.0 cm³/mol. The molecule has 23 heavy (non-hydrogen) atoms.